The molecule has 2 rings (SSSR count). The van der Waals surface area contributed by atoms with E-state index in [0.717, 1.165) is 5.82 Å². The monoisotopic (exact) mass is 149 g/mol. The van der Waals surface area contributed by atoms with Gasteiger partial charge in [0.2, 0.25) is 0 Å². The highest BCUT2D eigenvalue weighted by molar-refractivity contribution is 5.15. The zero-order chi connectivity index (χ0) is 7.52. The van der Waals surface area contributed by atoms with E-state index in [2.05, 4.69) is 10.1 Å². The molecule has 0 saturated heterocycles. The highest BCUT2D eigenvalue weighted by Crippen LogP contribution is 1.99. The Morgan fingerprint density at radius 1 is 1.45 bits per heavy atom. The van der Waals surface area contributed by atoms with Crippen molar-refractivity contribution in [2.24, 2.45) is 0 Å². The highest BCUT2D eigenvalue weighted by Gasteiger charge is 1.91. The van der Waals surface area contributed by atoms with E-state index in [9.17, 15) is 0 Å². The number of H-pyrrole nitrogens is 1. The Hall–Kier alpha value is -1.71. The third-order valence-corrected chi connectivity index (χ3v) is 1.35. The van der Waals surface area contributed by atoms with Crippen molar-refractivity contribution in [3.8, 4) is 5.82 Å². The lowest BCUT2D eigenvalue weighted by Gasteiger charge is -2.01. The molecule has 4 nitrogen and oxygen atoms in total. The molecule has 0 bridgehead atoms. The van der Waals surface area contributed by atoms with E-state index in [4.69, 9.17) is 4.52 Å². The van der Waals surface area contributed by atoms with Crippen molar-refractivity contribution in [3.05, 3.63) is 37.1 Å². The molecule has 11 heavy (non-hydrogen) atoms. The van der Waals surface area contributed by atoms with Crippen LogP contribution in [0.1, 0.15) is 0 Å². The van der Waals surface area contributed by atoms with Crippen LogP contribution in [0.4, 0.5) is 0 Å². The van der Waals surface area contributed by atoms with E-state index in [0.29, 0.717) is 0 Å². The van der Waals surface area contributed by atoms with Gasteiger partial charge in [0, 0.05) is 18.6 Å². The normalized spacial score (nSPS) is 9.82. The molecule has 0 aliphatic carbocycles. The van der Waals surface area contributed by atoms with Gasteiger partial charge in [-0.2, -0.15) is 0 Å². The molecule has 0 aromatic heterocycles. The molecule has 0 amide bonds. The summed E-state index contributed by atoms with van der Waals surface area (Å²) in [5.74, 6) is 0.803. The van der Waals surface area contributed by atoms with E-state index in [1.165, 1.54) is 0 Å². The average Bonchev–Trinajstić information content (AvgIpc) is 2.28. The topological polar surface area (TPSA) is 46.8 Å². The van der Waals surface area contributed by atoms with Crippen LogP contribution in [0.2, 0.25) is 0 Å². The maximum Gasteiger partial charge on any atom is 0.163 e. The molecule has 0 unspecified atom stereocenters. The Morgan fingerprint density at radius 3 is 3.45 bits per heavy atom. The lowest BCUT2D eigenvalue weighted by molar-refractivity contribution is 0.386. The number of aromatic amines is 1. The number of nitrogens with one attached hydrogen (secondary N) is 1. The lowest BCUT2D eigenvalue weighted by Crippen LogP contribution is -1.94. The summed E-state index contributed by atoms with van der Waals surface area (Å²) >= 11 is 0. The summed E-state index contributed by atoms with van der Waals surface area (Å²) in [6, 6.07) is 1.85. The first-order chi connectivity index (χ1) is 5.47. The highest BCUT2D eigenvalue weighted by atomic mass is 16.5. The van der Waals surface area contributed by atoms with Crippen molar-refractivity contribution in [1.29, 1.82) is 0 Å². The van der Waals surface area contributed by atoms with Crippen LogP contribution in [0.15, 0.2) is 41.6 Å². The van der Waals surface area contributed by atoms with Crippen molar-refractivity contribution in [3.63, 3.8) is 0 Å². The molecule has 0 fully saturated rings. The van der Waals surface area contributed by atoms with Crippen molar-refractivity contribution >= 4 is 0 Å². The van der Waals surface area contributed by atoms with E-state index >= 15 is 0 Å². The Bertz CT molecular complexity index is 312. The molecule has 0 atom stereocenters. The van der Waals surface area contributed by atoms with Gasteiger partial charge in [-0.25, -0.2) is 5.16 Å². The van der Waals surface area contributed by atoms with Crippen LogP contribution < -0.4 is 0 Å². The van der Waals surface area contributed by atoms with Gasteiger partial charge in [0.05, 0.1) is 6.20 Å². The first kappa shape index (κ1) is 6.03. The van der Waals surface area contributed by atoms with E-state index in [1.54, 1.807) is 24.9 Å². The molecule has 0 radical (unpaired) electrons. The average molecular weight is 149 g/mol. The largest absolute Gasteiger partial charge is 0.387 e. The van der Waals surface area contributed by atoms with Gasteiger partial charge < -0.3 is 9.09 Å². The Morgan fingerprint density at radius 2 is 2.45 bits per heavy atom. The number of rotatable bonds is 0. The van der Waals surface area contributed by atoms with Crippen molar-refractivity contribution in [1.82, 2.24) is 14.7 Å². The van der Waals surface area contributed by atoms with Gasteiger partial charge in [-0.3, -0.25) is 4.98 Å². The Labute approximate surface area is 63.1 Å². The third-order valence-electron chi connectivity index (χ3n) is 1.35. The quantitative estimate of drug-likeness (QED) is 0.614. The first-order valence-corrected chi connectivity index (χ1v) is 3.23. The predicted octanol–water partition coefficient (Wildman–Crippen LogP) is 1.36. The van der Waals surface area contributed by atoms with Crippen LogP contribution in [-0.2, 0) is 0 Å². The van der Waals surface area contributed by atoms with Crippen LogP contribution in [0, 0.1) is 0 Å². The molecule has 2 heterocycles. The van der Waals surface area contributed by atoms with Gasteiger partial charge in [0.15, 0.2) is 5.82 Å². The maximum absolute atomic E-state index is 4.85. The van der Waals surface area contributed by atoms with Crippen molar-refractivity contribution in [2.45, 2.75) is 0 Å². The number of hydrogen-bond donors (Lipinski definition) is 1. The van der Waals surface area contributed by atoms with Crippen LogP contribution in [0.5, 0.6) is 0 Å². The summed E-state index contributed by atoms with van der Waals surface area (Å²) in [5.41, 5.74) is 0. The van der Waals surface area contributed by atoms with Gasteiger partial charge in [-0.1, -0.05) is 0 Å². The summed E-state index contributed by atoms with van der Waals surface area (Å²) in [5, 5.41) is 2.70. The molecule has 4 heteroatoms. The fourth-order valence-corrected chi connectivity index (χ4v) is 0.841. The minimum atomic E-state index is 0.803. The smallest absolute Gasteiger partial charge is 0.163 e. The summed E-state index contributed by atoms with van der Waals surface area (Å²) in [6.45, 7) is 0. The zero-order valence-electron chi connectivity index (χ0n) is 5.77. The molecule has 1 N–H and O–H groups in total. The summed E-state index contributed by atoms with van der Waals surface area (Å²) in [4.78, 5) is 3.96. The standard InChI is InChI=1S/C7H7N3O/c1-2-8-6-7-9-11-5-4-10(7)3-1/h1-6,9H. The van der Waals surface area contributed by atoms with Gasteiger partial charge in [-0.15, -0.1) is 0 Å². The molecular formula is C7H7N3O. The van der Waals surface area contributed by atoms with Gasteiger partial charge in [0.25, 0.3) is 0 Å². The number of fused-ring (bicyclic) bond motifs is 1. The van der Waals surface area contributed by atoms with Crippen molar-refractivity contribution < 1.29 is 4.52 Å². The van der Waals surface area contributed by atoms with Gasteiger partial charge in [-0.05, 0) is 6.07 Å². The molecule has 56 valence electrons. The summed E-state index contributed by atoms with van der Waals surface area (Å²) in [6.07, 6.45) is 8.64. The SMILES string of the molecule is c1cncc2[nH]occn-2c1. The zero-order valence-corrected chi connectivity index (χ0v) is 5.77. The van der Waals surface area contributed by atoms with Crippen molar-refractivity contribution in [2.75, 3.05) is 0 Å². The van der Waals surface area contributed by atoms with E-state index in [-0.39, 0.29) is 0 Å². The maximum atomic E-state index is 4.85. The fraction of sp³-hybridized carbons (Fsp3) is 0. The van der Waals surface area contributed by atoms with Gasteiger partial charge in [0.1, 0.15) is 6.26 Å². The predicted molar refractivity (Wildman–Crippen MR) is 39.0 cm³/mol. The number of nitrogens with zero attached hydrogens (tertiary/aromatic N) is 2. The third kappa shape index (κ3) is 1.10. The Balaban J connectivity index is 2.75. The Kier molecular flexibility index (Phi) is 1.37. The summed E-state index contributed by atoms with van der Waals surface area (Å²) < 4.78 is 6.72. The number of hydrogen-bond acceptors (Lipinski definition) is 2. The van der Waals surface area contributed by atoms with Crippen LogP contribution in [0.25, 0.3) is 5.82 Å². The summed E-state index contributed by atoms with van der Waals surface area (Å²) in [7, 11) is 0. The molecule has 0 aromatic carbocycles. The van der Waals surface area contributed by atoms with Crippen LogP contribution in [0.3, 0.4) is 0 Å². The molecule has 2 aliphatic rings. The van der Waals surface area contributed by atoms with Gasteiger partial charge >= 0.3 is 0 Å². The second-order valence-corrected chi connectivity index (χ2v) is 2.07. The minimum Gasteiger partial charge on any atom is -0.387 e. The second kappa shape index (κ2) is 2.49. The molecule has 2 aliphatic heterocycles. The van der Waals surface area contributed by atoms with Crippen LogP contribution >= 0.6 is 0 Å². The molecule has 0 aromatic rings. The van der Waals surface area contributed by atoms with Crippen LogP contribution in [-0.4, -0.2) is 14.7 Å². The molecular weight excluding hydrogens is 142 g/mol. The first-order valence-electron chi connectivity index (χ1n) is 3.23. The molecule has 0 saturated carbocycles. The fourth-order valence-electron chi connectivity index (χ4n) is 0.841. The van der Waals surface area contributed by atoms with E-state index < -0.39 is 0 Å². The van der Waals surface area contributed by atoms with E-state index in [1.807, 2.05) is 16.8 Å². The second-order valence-electron chi connectivity index (χ2n) is 2.07. The lowest BCUT2D eigenvalue weighted by atomic mass is 10.6. The minimum absolute atomic E-state index is 0.803. The molecule has 0 spiro atoms. The number of aromatic nitrogens is 3.